The van der Waals surface area contributed by atoms with Crippen LogP contribution in [0.3, 0.4) is 0 Å². The highest BCUT2D eigenvalue weighted by molar-refractivity contribution is 5.80. The first-order valence-corrected chi connectivity index (χ1v) is 6.79. The van der Waals surface area contributed by atoms with Gasteiger partial charge in [-0.25, -0.2) is 0 Å². The van der Waals surface area contributed by atoms with Crippen LogP contribution >= 0.6 is 0 Å². The molecule has 1 aliphatic rings. The zero-order valence-corrected chi connectivity index (χ0v) is 11.3. The molecule has 0 aliphatic carbocycles. The van der Waals surface area contributed by atoms with Gasteiger partial charge in [0.2, 0.25) is 5.91 Å². The molecule has 1 fully saturated rings. The van der Waals surface area contributed by atoms with Crippen molar-refractivity contribution in [1.29, 1.82) is 0 Å². The summed E-state index contributed by atoms with van der Waals surface area (Å²) in [6, 6.07) is 0. The molecule has 0 aromatic rings. The molecular weight excluding hydrogens is 216 g/mol. The minimum atomic E-state index is -0.348. The molecule has 4 heteroatoms. The Morgan fingerprint density at radius 2 is 2.35 bits per heavy atom. The smallest absolute Gasteiger partial charge is 0.248 e. The molecule has 0 aromatic carbocycles. The van der Waals surface area contributed by atoms with Crippen LogP contribution in [0.2, 0.25) is 0 Å². The number of piperidine rings is 1. The van der Waals surface area contributed by atoms with E-state index in [1.807, 2.05) is 6.92 Å². The average molecular weight is 242 g/mol. The summed E-state index contributed by atoms with van der Waals surface area (Å²) in [5.74, 6) is 0.540. The molecule has 0 aromatic heterocycles. The van der Waals surface area contributed by atoms with E-state index in [9.17, 15) is 4.79 Å². The fourth-order valence-corrected chi connectivity index (χ4v) is 2.00. The number of hydrogen-bond donors (Lipinski definition) is 2. The highest BCUT2D eigenvalue weighted by Gasteiger charge is 2.25. The van der Waals surface area contributed by atoms with Gasteiger partial charge in [0.1, 0.15) is 6.10 Å². The number of hydrogen-bond acceptors (Lipinski definition) is 3. The van der Waals surface area contributed by atoms with Gasteiger partial charge in [-0.3, -0.25) is 4.79 Å². The third kappa shape index (κ3) is 5.04. The maximum Gasteiger partial charge on any atom is 0.248 e. The number of carbonyl (C=O) groups is 1. The summed E-state index contributed by atoms with van der Waals surface area (Å²) in [5, 5.41) is 6.21. The zero-order valence-electron chi connectivity index (χ0n) is 11.3. The summed E-state index contributed by atoms with van der Waals surface area (Å²) in [6.07, 6.45) is 3.06. The summed E-state index contributed by atoms with van der Waals surface area (Å²) in [6.45, 7) is 8.80. The Hall–Kier alpha value is -0.610. The molecule has 0 radical (unpaired) electrons. The van der Waals surface area contributed by atoms with Crippen molar-refractivity contribution in [2.75, 3.05) is 19.6 Å². The standard InChI is InChI=1S/C13H26N2O2/c1-4-5-7-15-13(16)11(3)17-12-9-14-8-6-10(12)2/h10-12,14H,4-9H2,1-3H3,(H,15,16). The summed E-state index contributed by atoms with van der Waals surface area (Å²) in [5.41, 5.74) is 0. The van der Waals surface area contributed by atoms with E-state index >= 15 is 0 Å². The van der Waals surface area contributed by atoms with Crippen molar-refractivity contribution in [3.8, 4) is 0 Å². The third-order valence-electron chi connectivity index (χ3n) is 3.33. The van der Waals surface area contributed by atoms with Crippen LogP contribution in [0.4, 0.5) is 0 Å². The van der Waals surface area contributed by atoms with Gasteiger partial charge in [-0.1, -0.05) is 20.3 Å². The van der Waals surface area contributed by atoms with Crippen LogP contribution in [-0.2, 0) is 9.53 Å². The minimum absolute atomic E-state index is 0.0104. The lowest BCUT2D eigenvalue weighted by molar-refractivity contribution is -0.137. The van der Waals surface area contributed by atoms with Crippen LogP contribution in [0.5, 0.6) is 0 Å². The number of unbranched alkanes of at least 4 members (excludes halogenated alkanes) is 1. The molecule has 0 saturated carbocycles. The largest absolute Gasteiger partial charge is 0.364 e. The van der Waals surface area contributed by atoms with Gasteiger partial charge in [-0.05, 0) is 32.2 Å². The molecule has 1 heterocycles. The fraction of sp³-hybridized carbons (Fsp3) is 0.923. The van der Waals surface area contributed by atoms with E-state index < -0.39 is 0 Å². The molecule has 0 spiro atoms. The SMILES string of the molecule is CCCCNC(=O)C(C)OC1CNCCC1C. The maximum absolute atomic E-state index is 11.7. The number of ether oxygens (including phenoxy) is 1. The van der Waals surface area contributed by atoms with E-state index in [1.165, 1.54) is 0 Å². The first-order valence-electron chi connectivity index (χ1n) is 6.79. The average Bonchev–Trinajstić information content (AvgIpc) is 2.32. The predicted molar refractivity (Wildman–Crippen MR) is 68.9 cm³/mol. The van der Waals surface area contributed by atoms with Gasteiger partial charge in [-0.15, -0.1) is 0 Å². The first kappa shape index (κ1) is 14.5. The van der Waals surface area contributed by atoms with Crippen LogP contribution in [0.25, 0.3) is 0 Å². The Bertz CT molecular complexity index is 233. The van der Waals surface area contributed by atoms with E-state index in [0.717, 1.165) is 38.9 Å². The van der Waals surface area contributed by atoms with Crippen molar-refractivity contribution in [3.63, 3.8) is 0 Å². The second-order valence-electron chi connectivity index (χ2n) is 4.93. The highest BCUT2D eigenvalue weighted by Crippen LogP contribution is 2.16. The second kappa shape index (κ2) is 7.67. The van der Waals surface area contributed by atoms with E-state index in [4.69, 9.17) is 4.74 Å². The Labute approximate surface area is 104 Å². The van der Waals surface area contributed by atoms with Gasteiger partial charge in [0.15, 0.2) is 0 Å². The molecule has 100 valence electrons. The van der Waals surface area contributed by atoms with E-state index in [1.54, 1.807) is 0 Å². The molecule has 2 N–H and O–H groups in total. The molecule has 17 heavy (non-hydrogen) atoms. The monoisotopic (exact) mass is 242 g/mol. The molecule has 3 atom stereocenters. The van der Waals surface area contributed by atoms with Gasteiger partial charge >= 0.3 is 0 Å². The Kier molecular flexibility index (Phi) is 6.52. The third-order valence-corrected chi connectivity index (χ3v) is 3.33. The van der Waals surface area contributed by atoms with Crippen molar-refractivity contribution < 1.29 is 9.53 Å². The van der Waals surface area contributed by atoms with E-state index in [2.05, 4.69) is 24.5 Å². The fourth-order valence-electron chi connectivity index (χ4n) is 2.00. The van der Waals surface area contributed by atoms with Crippen LogP contribution in [-0.4, -0.2) is 37.7 Å². The van der Waals surface area contributed by atoms with Crippen LogP contribution in [0.15, 0.2) is 0 Å². The van der Waals surface area contributed by atoms with Crippen LogP contribution in [0, 0.1) is 5.92 Å². The molecule has 1 rings (SSSR count). The maximum atomic E-state index is 11.7. The van der Waals surface area contributed by atoms with E-state index in [-0.39, 0.29) is 18.1 Å². The molecule has 4 nitrogen and oxygen atoms in total. The van der Waals surface area contributed by atoms with Crippen molar-refractivity contribution in [3.05, 3.63) is 0 Å². The van der Waals surface area contributed by atoms with Crippen LogP contribution < -0.4 is 10.6 Å². The molecule has 0 bridgehead atoms. The number of carbonyl (C=O) groups excluding carboxylic acids is 1. The molecule has 1 aliphatic heterocycles. The Balaban J connectivity index is 2.26. The zero-order chi connectivity index (χ0) is 12.7. The van der Waals surface area contributed by atoms with Crippen molar-refractivity contribution >= 4 is 5.91 Å². The topological polar surface area (TPSA) is 50.4 Å². The van der Waals surface area contributed by atoms with Gasteiger partial charge in [0, 0.05) is 13.1 Å². The normalized spacial score (nSPS) is 26.5. The minimum Gasteiger partial charge on any atom is -0.364 e. The van der Waals surface area contributed by atoms with Gasteiger partial charge in [0.25, 0.3) is 0 Å². The van der Waals surface area contributed by atoms with Gasteiger partial charge in [0.05, 0.1) is 6.10 Å². The number of nitrogens with one attached hydrogen (secondary N) is 2. The van der Waals surface area contributed by atoms with Crippen molar-refractivity contribution in [2.24, 2.45) is 5.92 Å². The summed E-state index contributed by atoms with van der Waals surface area (Å²) in [4.78, 5) is 11.7. The van der Waals surface area contributed by atoms with Crippen molar-refractivity contribution in [1.82, 2.24) is 10.6 Å². The quantitative estimate of drug-likeness (QED) is 0.690. The van der Waals surface area contributed by atoms with Gasteiger partial charge < -0.3 is 15.4 Å². The lowest BCUT2D eigenvalue weighted by Crippen LogP contribution is -2.45. The Morgan fingerprint density at radius 3 is 3.00 bits per heavy atom. The van der Waals surface area contributed by atoms with Crippen LogP contribution in [0.1, 0.15) is 40.0 Å². The van der Waals surface area contributed by atoms with E-state index in [0.29, 0.717) is 5.92 Å². The molecule has 1 saturated heterocycles. The van der Waals surface area contributed by atoms with Crippen molar-refractivity contribution in [2.45, 2.75) is 52.2 Å². The molecular formula is C13H26N2O2. The summed E-state index contributed by atoms with van der Waals surface area (Å²) in [7, 11) is 0. The molecule has 1 amide bonds. The first-order chi connectivity index (χ1) is 8.15. The summed E-state index contributed by atoms with van der Waals surface area (Å²) < 4.78 is 5.82. The predicted octanol–water partition coefficient (Wildman–Crippen LogP) is 1.31. The summed E-state index contributed by atoms with van der Waals surface area (Å²) >= 11 is 0. The number of amides is 1. The second-order valence-corrected chi connectivity index (χ2v) is 4.93. The van der Waals surface area contributed by atoms with Gasteiger partial charge in [-0.2, -0.15) is 0 Å². The Morgan fingerprint density at radius 1 is 1.59 bits per heavy atom. The molecule has 3 unspecified atom stereocenters. The highest BCUT2D eigenvalue weighted by atomic mass is 16.5. The number of rotatable bonds is 6. The lowest BCUT2D eigenvalue weighted by atomic mass is 9.97. The lowest BCUT2D eigenvalue weighted by Gasteiger charge is -2.31.